The van der Waals surface area contributed by atoms with Crippen LogP contribution in [0.4, 0.5) is 0 Å². The summed E-state index contributed by atoms with van der Waals surface area (Å²) in [5.74, 6) is 1.73. The number of guanidine groups is 1. The summed E-state index contributed by atoms with van der Waals surface area (Å²) in [5, 5.41) is 4.13. The van der Waals surface area contributed by atoms with Crippen LogP contribution in [0.3, 0.4) is 0 Å². The van der Waals surface area contributed by atoms with Crippen LogP contribution in [0.2, 0.25) is 5.02 Å². The van der Waals surface area contributed by atoms with Crippen LogP contribution in [0.5, 0.6) is 5.75 Å². The van der Waals surface area contributed by atoms with Gasteiger partial charge in [-0.2, -0.15) is 0 Å². The monoisotopic (exact) mass is 366 g/mol. The molecule has 2 aliphatic heterocycles. The maximum absolute atomic E-state index is 6.03. The van der Waals surface area contributed by atoms with E-state index >= 15 is 0 Å². The molecule has 2 aliphatic rings. The van der Waals surface area contributed by atoms with Gasteiger partial charge in [0.25, 0.3) is 0 Å². The highest BCUT2D eigenvalue weighted by atomic mass is 35.5. The summed E-state index contributed by atoms with van der Waals surface area (Å²) in [4.78, 5) is 9.34. The Morgan fingerprint density at radius 1 is 1.36 bits per heavy atom. The highest BCUT2D eigenvalue weighted by Gasteiger charge is 2.30. The third kappa shape index (κ3) is 4.57. The summed E-state index contributed by atoms with van der Waals surface area (Å²) < 4.78 is 10.9. The predicted octanol–water partition coefficient (Wildman–Crippen LogP) is 1.83. The number of benzene rings is 1. The third-order valence-corrected chi connectivity index (χ3v) is 5.16. The summed E-state index contributed by atoms with van der Waals surface area (Å²) in [6, 6.07) is 6.30. The Morgan fingerprint density at radius 3 is 2.88 bits per heavy atom. The minimum atomic E-state index is 0.590. The van der Waals surface area contributed by atoms with Crippen molar-refractivity contribution in [3.63, 3.8) is 0 Å². The molecule has 0 aromatic heterocycles. The molecule has 2 heterocycles. The Labute approximate surface area is 154 Å². The average molecular weight is 367 g/mol. The molecule has 0 spiro atoms. The van der Waals surface area contributed by atoms with Crippen LogP contribution in [-0.4, -0.2) is 75.4 Å². The van der Waals surface area contributed by atoms with Gasteiger partial charge in [0.05, 0.1) is 20.3 Å². The summed E-state index contributed by atoms with van der Waals surface area (Å²) in [7, 11) is 3.50. The number of methoxy groups -OCH3 is 1. The van der Waals surface area contributed by atoms with Crippen molar-refractivity contribution in [3.05, 3.63) is 28.8 Å². The summed E-state index contributed by atoms with van der Waals surface area (Å²) >= 11 is 6.03. The van der Waals surface area contributed by atoms with Gasteiger partial charge in [-0.15, -0.1) is 0 Å². The molecule has 0 radical (unpaired) electrons. The third-order valence-electron chi connectivity index (χ3n) is 4.92. The van der Waals surface area contributed by atoms with Crippen molar-refractivity contribution < 1.29 is 9.47 Å². The highest BCUT2D eigenvalue weighted by Crippen LogP contribution is 2.23. The Kier molecular flexibility index (Phi) is 6.39. The number of rotatable bonds is 4. The van der Waals surface area contributed by atoms with E-state index in [1.807, 2.05) is 25.2 Å². The van der Waals surface area contributed by atoms with Crippen LogP contribution in [0.15, 0.2) is 23.2 Å². The highest BCUT2D eigenvalue weighted by molar-refractivity contribution is 6.30. The number of hydrogen-bond donors (Lipinski definition) is 1. The second kappa shape index (κ2) is 8.74. The fourth-order valence-corrected chi connectivity index (χ4v) is 3.71. The molecule has 25 heavy (non-hydrogen) atoms. The second-order valence-corrected chi connectivity index (χ2v) is 6.83. The molecule has 7 heteroatoms. The van der Waals surface area contributed by atoms with Crippen molar-refractivity contribution in [2.45, 2.75) is 19.0 Å². The van der Waals surface area contributed by atoms with Gasteiger partial charge in [0.1, 0.15) is 5.75 Å². The quantitative estimate of drug-likeness (QED) is 0.650. The number of morpholine rings is 1. The molecule has 1 atom stereocenters. The lowest BCUT2D eigenvalue weighted by molar-refractivity contribution is 0.0195. The molecule has 3 rings (SSSR count). The SMILES string of the molecule is CN=C(NCc1ccc(Cl)cc1OC)N1CCC(N2CCOCC2)C1. The molecule has 2 fully saturated rings. The first-order chi connectivity index (χ1) is 12.2. The van der Waals surface area contributed by atoms with E-state index in [0.29, 0.717) is 17.6 Å². The molecule has 1 unspecified atom stereocenters. The number of halogens is 1. The van der Waals surface area contributed by atoms with E-state index in [4.69, 9.17) is 21.1 Å². The molecule has 1 aromatic rings. The van der Waals surface area contributed by atoms with Crippen LogP contribution in [0, 0.1) is 0 Å². The van der Waals surface area contributed by atoms with Crippen molar-refractivity contribution in [2.75, 3.05) is 53.6 Å². The van der Waals surface area contributed by atoms with Crippen molar-refractivity contribution in [2.24, 2.45) is 4.99 Å². The van der Waals surface area contributed by atoms with E-state index in [9.17, 15) is 0 Å². The van der Waals surface area contributed by atoms with Crippen LogP contribution in [-0.2, 0) is 11.3 Å². The lowest BCUT2D eigenvalue weighted by Gasteiger charge is -2.32. The van der Waals surface area contributed by atoms with Gasteiger partial charge in [-0.3, -0.25) is 9.89 Å². The van der Waals surface area contributed by atoms with Gasteiger partial charge < -0.3 is 19.7 Å². The molecule has 138 valence electrons. The van der Waals surface area contributed by atoms with Crippen LogP contribution in [0.1, 0.15) is 12.0 Å². The van der Waals surface area contributed by atoms with Crippen molar-refractivity contribution >= 4 is 17.6 Å². The average Bonchev–Trinajstić information content (AvgIpc) is 3.14. The standard InChI is InChI=1S/C18H27ClN4O2/c1-20-18(21-12-14-3-4-15(19)11-17(14)24-2)23-6-5-16(13-23)22-7-9-25-10-8-22/h3-4,11,16H,5-10,12-13H2,1-2H3,(H,20,21). The first-order valence-corrected chi connectivity index (χ1v) is 9.19. The van der Waals surface area contributed by atoms with Gasteiger partial charge in [-0.1, -0.05) is 17.7 Å². The van der Waals surface area contributed by atoms with E-state index in [-0.39, 0.29) is 0 Å². The van der Waals surface area contributed by atoms with Crippen molar-refractivity contribution in [1.82, 2.24) is 15.1 Å². The smallest absolute Gasteiger partial charge is 0.193 e. The van der Waals surface area contributed by atoms with E-state index in [2.05, 4.69) is 20.1 Å². The Hall–Kier alpha value is -1.50. The topological polar surface area (TPSA) is 49.3 Å². The fraction of sp³-hybridized carbons (Fsp3) is 0.611. The molecule has 0 aliphatic carbocycles. The molecular formula is C18H27ClN4O2. The first-order valence-electron chi connectivity index (χ1n) is 8.81. The fourth-order valence-electron chi connectivity index (χ4n) is 3.55. The Bertz CT molecular complexity index is 605. The van der Waals surface area contributed by atoms with Crippen molar-refractivity contribution in [3.8, 4) is 5.75 Å². The predicted molar refractivity (Wildman–Crippen MR) is 101 cm³/mol. The van der Waals surface area contributed by atoms with E-state index in [0.717, 1.165) is 56.7 Å². The Balaban J connectivity index is 1.56. The summed E-state index contributed by atoms with van der Waals surface area (Å²) in [6.45, 7) is 6.46. The molecule has 1 aromatic carbocycles. The number of aliphatic imine (C=N–C) groups is 1. The van der Waals surface area contributed by atoms with Gasteiger partial charge in [0.15, 0.2) is 5.96 Å². The zero-order valence-corrected chi connectivity index (χ0v) is 15.8. The first kappa shape index (κ1) is 18.3. The lowest BCUT2D eigenvalue weighted by atomic mass is 10.2. The second-order valence-electron chi connectivity index (χ2n) is 6.39. The number of nitrogens with zero attached hydrogens (tertiary/aromatic N) is 3. The maximum atomic E-state index is 6.03. The summed E-state index contributed by atoms with van der Waals surface area (Å²) in [6.07, 6.45) is 1.17. The number of ether oxygens (including phenoxy) is 2. The molecule has 1 N–H and O–H groups in total. The minimum absolute atomic E-state index is 0.590. The zero-order chi connectivity index (χ0) is 17.6. The molecule has 2 saturated heterocycles. The molecule has 0 amide bonds. The number of hydrogen-bond acceptors (Lipinski definition) is 4. The van der Waals surface area contributed by atoms with Gasteiger partial charge in [-0.05, 0) is 18.6 Å². The van der Waals surface area contributed by atoms with E-state index in [1.165, 1.54) is 6.42 Å². The van der Waals surface area contributed by atoms with E-state index in [1.54, 1.807) is 7.11 Å². The normalized spacial score (nSPS) is 22.3. The van der Waals surface area contributed by atoms with Crippen LogP contribution >= 0.6 is 11.6 Å². The van der Waals surface area contributed by atoms with Crippen molar-refractivity contribution in [1.29, 1.82) is 0 Å². The lowest BCUT2D eigenvalue weighted by Crippen LogP contribution is -2.46. The van der Waals surface area contributed by atoms with Gasteiger partial charge in [-0.25, -0.2) is 0 Å². The minimum Gasteiger partial charge on any atom is -0.496 e. The van der Waals surface area contributed by atoms with Gasteiger partial charge >= 0.3 is 0 Å². The Morgan fingerprint density at radius 2 is 2.16 bits per heavy atom. The largest absolute Gasteiger partial charge is 0.496 e. The van der Waals surface area contributed by atoms with Gasteiger partial charge in [0, 0.05) is 56.4 Å². The van der Waals surface area contributed by atoms with E-state index < -0.39 is 0 Å². The molecule has 6 nitrogen and oxygen atoms in total. The summed E-state index contributed by atoms with van der Waals surface area (Å²) in [5.41, 5.74) is 1.07. The number of likely N-dealkylation sites (tertiary alicyclic amines) is 1. The molecule has 0 saturated carbocycles. The van der Waals surface area contributed by atoms with Crippen LogP contribution in [0.25, 0.3) is 0 Å². The van der Waals surface area contributed by atoms with Crippen LogP contribution < -0.4 is 10.1 Å². The zero-order valence-electron chi connectivity index (χ0n) is 15.0. The van der Waals surface area contributed by atoms with Gasteiger partial charge in [0.2, 0.25) is 0 Å². The molecule has 0 bridgehead atoms. The number of nitrogens with one attached hydrogen (secondary N) is 1. The molecular weight excluding hydrogens is 340 g/mol. The maximum Gasteiger partial charge on any atom is 0.193 e.